The fourth-order valence-electron chi connectivity index (χ4n) is 2.57. The predicted octanol–water partition coefficient (Wildman–Crippen LogP) is 3.87. The fourth-order valence-corrected chi connectivity index (χ4v) is 2.57. The lowest BCUT2D eigenvalue weighted by Crippen LogP contribution is -2.38. The van der Waals surface area contributed by atoms with Crippen molar-refractivity contribution in [1.29, 1.82) is 0 Å². The number of hydrogen-bond donors (Lipinski definition) is 1. The zero-order valence-electron chi connectivity index (χ0n) is 12.5. The van der Waals surface area contributed by atoms with Crippen molar-refractivity contribution in [3.63, 3.8) is 0 Å². The molecule has 1 saturated carbocycles. The number of rotatable bonds is 8. The molecule has 2 rings (SSSR count). The third-order valence-electron chi connectivity index (χ3n) is 4.16. The highest BCUT2D eigenvalue weighted by Gasteiger charge is 2.40. The summed E-state index contributed by atoms with van der Waals surface area (Å²) in [4.78, 5) is 0. The highest BCUT2D eigenvalue weighted by Crippen LogP contribution is 2.47. The first-order valence-corrected chi connectivity index (χ1v) is 7.51. The zero-order chi connectivity index (χ0) is 13.7. The Morgan fingerprint density at radius 1 is 1.26 bits per heavy atom. The zero-order valence-corrected chi connectivity index (χ0v) is 12.5. The van der Waals surface area contributed by atoms with E-state index in [-0.39, 0.29) is 0 Å². The summed E-state index contributed by atoms with van der Waals surface area (Å²) in [7, 11) is 0. The van der Waals surface area contributed by atoms with Crippen LogP contribution in [0.2, 0.25) is 0 Å². The van der Waals surface area contributed by atoms with Crippen LogP contribution >= 0.6 is 0 Å². The first-order valence-electron chi connectivity index (χ1n) is 7.51. The van der Waals surface area contributed by atoms with E-state index in [1.165, 1.54) is 12.8 Å². The van der Waals surface area contributed by atoms with Crippen molar-refractivity contribution in [1.82, 2.24) is 5.32 Å². The molecule has 0 bridgehead atoms. The lowest BCUT2D eigenvalue weighted by atomic mass is 9.81. The highest BCUT2D eigenvalue weighted by molar-refractivity contribution is 5.20. The van der Waals surface area contributed by atoms with E-state index in [0.717, 1.165) is 31.2 Å². The van der Waals surface area contributed by atoms with Gasteiger partial charge in [-0.1, -0.05) is 39.0 Å². The Hall–Kier alpha value is -1.02. The van der Waals surface area contributed by atoms with Crippen LogP contribution in [0.3, 0.4) is 0 Å². The number of nitrogens with one attached hydrogen (secondary N) is 1. The van der Waals surface area contributed by atoms with Crippen LogP contribution in [-0.2, 0) is 0 Å². The van der Waals surface area contributed by atoms with Crippen LogP contribution in [0.5, 0.6) is 5.75 Å². The van der Waals surface area contributed by atoms with Gasteiger partial charge in [-0.05, 0) is 42.7 Å². The quantitative estimate of drug-likeness (QED) is 0.767. The minimum absolute atomic E-state index is 0.388. The third-order valence-corrected chi connectivity index (χ3v) is 4.16. The van der Waals surface area contributed by atoms with Gasteiger partial charge in [-0.15, -0.1) is 0 Å². The molecule has 0 spiro atoms. The Morgan fingerprint density at radius 3 is 2.53 bits per heavy atom. The Morgan fingerprint density at radius 2 is 1.95 bits per heavy atom. The molecule has 1 aromatic carbocycles. The standard InChI is InChI=1S/C17H27NO/c1-14(2)18-13-17(3,15-9-10-15)11-12-19-16-7-5-4-6-8-16/h4-8,14-15,18H,9-13H2,1-3H3. The highest BCUT2D eigenvalue weighted by atomic mass is 16.5. The van der Waals surface area contributed by atoms with Gasteiger partial charge in [0.15, 0.2) is 0 Å². The Bertz CT molecular complexity index is 372. The van der Waals surface area contributed by atoms with E-state index >= 15 is 0 Å². The molecule has 1 atom stereocenters. The van der Waals surface area contributed by atoms with Gasteiger partial charge in [0.05, 0.1) is 6.61 Å². The van der Waals surface area contributed by atoms with Gasteiger partial charge in [0, 0.05) is 12.6 Å². The average Bonchev–Trinajstić information content (AvgIpc) is 3.22. The van der Waals surface area contributed by atoms with Gasteiger partial charge >= 0.3 is 0 Å². The van der Waals surface area contributed by atoms with Crippen molar-refractivity contribution >= 4 is 0 Å². The summed E-state index contributed by atoms with van der Waals surface area (Å²) in [6, 6.07) is 10.7. The number of para-hydroxylation sites is 1. The van der Waals surface area contributed by atoms with E-state index in [2.05, 4.69) is 26.1 Å². The molecule has 2 nitrogen and oxygen atoms in total. The van der Waals surface area contributed by atoms with Gasteiger partial charge in [-0.25, -0.2) is 0 Å². The molecular formula is C17H27NO. The van der Waals surface area contributed by atoms with Crippen molar-refractivity contribution in [2.24, 2.45) is 11.3 Å². The maximum absolute atomic E-state index is 5.86. The smallest absolute Gasteiger partial charge is 0.119 e. The SMILES string of the molecule is CC(C)NCC(C)(CCOc1ccccc1)C1CC1. The molecule has 19 heavy (non-hydrogen) atoms. The molecule has 1 fully saturated rings. The number of benzene rings is 1. The predicted molar refractivity (Wildman–Crippen MR) is 80.5 cm³/mol. The van der Waals surface area contributed by atoms with E-state index in [1.54, 1.807) is 0 Å². The maximum atomic E-state index is 5.86. The summed E-state index contributed by atoms with van der Waals surface area (Å²) in [5, 5.41) is 3.60. The van der Waals surface area contributed by atoms with E-state index < -0.39 is 0 Å². The summed E-state index contributed by atoms with van der Waals surface area (Å²) in [6.07, 6.45) is 3.91. The largest absolute Gasteiger partial charge is 0.494 e. The van der Waals surface area contributed by atoms with Crippen LogP contribution < -0.4 is 10.1 Å². The first kappa shape index (κ1) is 14.4. The number of hydrogen-bond acceptors (Lipinski definition) is 2. The van der Waals surface area contributed by atoms with Crippen molar-refractivity contribution in [2.45, 2.75) is 46.1 Å². The molecule has 1 aliphatic carbocycles. The van der Waals surface area contributed by atoms with Crippen LogP contribution in [0.1, 0.15) is 40.0 Å². The molecule has 1 N–H and O–H groups in total. The fraction of sp³-hybridized carbons (Fsp3) is 0.647. The molecule has 1 unspecified atom stereocenters. The summed E-state index contributed by atoms with van der Waals surface area (Å²) in [6.45, 7) is 8.76. The van der Waals surface area contributed by atoms with Crippen molar-refractivity contribution in [3.05, 3.63) is 30.3 Å². The minimum atomic E-state index is 0.388. The second-order valence-electron chi connectivity index (χ2n) is 6.38. The van der Waals surface area contributed by atoms with Gasteiger partial charge in [-0.2, -0.15) is 0 Å². The second kappa shape index (κ2) is 6.42. The summed E-state index contributed by atoms with van der Waals surface area (Å²) >= 11 is 0. The summed E-state index contributed by atoms with van der Waals surface area (Å²) < 4.78 is 5.86. The van der Waals surface area contributed by atoms with E-state index in [1.807, 2.05) is 30.3 Å². The number of ether oxygens (including phenoxy) is 1. The molecular weight excluding hydrogens is 234 g/mol. The Kier molecular flexibility index (Phi) is 4.87. The summed E-state index contributed by atoms with van der Waals surface area (Å²) in [5.41, 5.74) is 0.388. The van der Waals surface area contributed by atoms with E-state index in [0.29, 0.717) is 11.5 Å². The average molecular weight is 261 g/mol. The van der Waals surface area contributed by atoms with Crippen LogP contribution in [0.4, 0.5) is 0 Å². The van der Waals surface area contributed by atoms with Crippen molar-refractivity contribution in [2.75, 3.05) is 13.2 Å². The second-order valence-corrected chi connectivity index (χ2v) is 6.38. The van der Waals surface area contributed by atoms with Gasteiger partial charge in [0.1, 0.15) is 5.75 Å². The molecule has 0 aromatic heterocycles. The van der Waals surface area contributed by atoms with E-state index in [9.17, 15) is 0 Å². The van der Waals surface area contributed by atoms with Gasteiger partial charge in [-0.3, -0.25) is 0 Å². The lowest BCUT2D eigenvalue weighted by molar-refractivity contribution is 0.177. The molecule has 0 saturated heterocycles. The van der Waals surface area contributed by atoms with Gasteiger partial charge in [0.2, 0.25) is 0 Å². The minimum Gasteiger partial charge on any atom is -0.494 e. The summed E-state index contributed by atoms with van der Waals surface area (Å²) in [5.74, 6) is 1.87. The van der Waals surface area contributed by atoms with Crippen molar-refractivity contribution < 1.29 is 4.74 Å². The molecule has 2 heteroatoms. The molecule has 106 valence electrons. The monoisotopic (exact) mass is 261 g/mol. The van der Waals surface area contributed by atoms with Crippen LogP contribution in [0, 0.1) is 11.3 Å². The van der Waals surface area contributed by atoms with Crippen LogP contribution in [-0.4, -0.2) is 19.2 Å². The van der Waals surface area contributed by atoms with E-state index in [4.69, 9.17) is 4.74 Å². The third kappa shape index (κ3) is 4.54. The van der Waals surface area contributed by atoms with Gasteiger partial charge < -0.3 is 10.1 Å². The molecule has 0 heterocycles. The van der Waals surface area contributed by atoms with Gasteiger partial charge in [0.25, 0.3) is 0 Å². The maximum Gasteiger partial charge on any atom is 0.119 e. The van der Waals surface area contributed by atoms with Crippen molar-refractivity contribution in [3.8, 4) is 5.75 Å². The van der Waals surface area contributed by atoms with Crippen LogP contribution in [0.15, 0.2) is 30.3 Å². The first-order chi connectivity index (χ1) is 9.10. The molecule has 0 aliphatic heterocycles. The molecule has 0 radical (unpaired) electrons. The molecule has 0 amide bonds. The lowest BCUT2D eigenvalue weighted by Gasteiger charge is -2.31. The Balaban J connectivity index is 1.80. The van der Waals surface area contributed by atoms with Crippen LogP contribution in [0.25, 0.3) is 0 Å². The topological polar surface area (TPSA) is 21.3 Å². The molecule has 1 aromatic rings. The normalized spacial score (nSPS) is 18.3. The Labute approximate surface area is 117 Å². The molecule has 1 aliphatic rings.